The molecule has 0 spiro atoms. The molecule has 6 heteroatoms. The number of fused-ring (bicyclic) bond motifs is 2. The van der Waals surface area contributed by atoms with Crippen molar-refractivity contribution in [2.24, 2.45) is 0 Å². The van der Waals surface area contributed by atoms with Crippen molar-refractivity contribution >= 4 is 16.8 Å². The summed E-state index contributed by atoms with van der Waals surface area (Å²) in [4.78, 5) is 19.4. The Morgan fingerprint density at radius 3 is 2.69 bits per heavy atom. The average Bonchev–Trinajstić information content (AvgIpc) is 3.09. The molecule has 3 aromatic rings. The Morgan fingerprint density at radius 1 is 1.15 bits per heavy atom. The quantitative estimate of drug-likeness (QED) is 0.672. The molecule has 0 saturated heterocycles. The van der Waals surface area contributed by atoms with Crippen LogP contribution in [0.4, 0.5) is 0 Å². The van der Waals surface area contributed by atoms with E-state index in [1.807, 2.05) is 33.3 Å². The van der Waals surface area contributed by atoms with Gasteiger partial charge in [-0.15, -0.1) is 0 Å². The van der Waals surface area contributed by atoms with Gasteiger partial charge in [0, 0.05) is 23.7 Å². The van der Waals surface area contributed by atoms with E-state index in [0.717, 1.165) is 23.2 Å². The number of nitrogens with zero attached hydrogens (tertiary/aromatic N) is 2. The zero-order valence-electron chi connectivity index (χ0n) is 15.0. The molecule has 0 bridgehead atoms. The van der Waals surface area contributed by atoms with E-state index < -0.39 is 0 Å². The third-order valence-electron chi connectivity index (χ3n) is 4.34. The Hall–Kier alpha value is -2.86. The lowest BCUT2D eigenvalue weighted by atomic mass is 10.1. The van der Waals surface area contributed by atoms with Gasteiger partial charge in [-0.25, -0.2) is 0 Å². The minimum atomic E-state index is -0.187. The predicted molar refractivity (Wildman–Crippen MR) is 97.0 cm³/mol. The van der Waals surface area contributed by atoms with E-state index in [9.17, 15) is 4.79 Å². The van der Waals surface area contributed by atoms with Gasteiger partial charge < -0.3 is 18.8 Å². The molecule has 0 radical (unpaired) electrons. The van der Waals surface area contributed by atoms with Gasteiger partial charge in [0.25, 0.3) is 0 Å². The number of furan rings is 1. The number of carbonyl (C=O) groups excluding carboxylic acids is 1. The summed E-state index contributed by atoms with van der Waals surface area (Å²) in [6.07, 6.45) is 1.84. The normalized spacial score (nSPS) is 13.4. The van der Waals surface area contributed by atoms with Gasteiger partial charge in [0.05, 0.1) is 5.69 Å². The van der Waals surface area contributed by atoms with Crippen LogP contribution in [0.15, 0.2) is 34.9 Å². The molecule has 26 heavy (non-hydrogen) atoms. The van der Waals surface area contributed by atoms with Crippen LogP contribution < -0.4 is 9.47 Å². The van der Waals surface area contributed by atoms with Gasteiger partial charge in [0.2, 0.25) is 5.78 Å². The Labute approximate surface area is 151 Å². The van der Waals surface area contributed by atoms with Crippen molar-refractivity contribution in [1.29, 1.82) is 0 Å². The first-order valence-corrected chi connectivity index (χ1v) is 8.50. The van der Waals surface area contributed by atoms with Crippen LogP contribution in [0.1, 0.15) is 27.4 Å². The van der Waals surface area contributed by atoms with Crippen LogP contribution >= 0.6 is 0 Å². The van der Waals surface area contributed by atoms with Gasteiger partial charge in [0.1, 0.15) is 13.2 Å². The second-order valence-corrected chi connectivity index (χ2v) is 6.65. The van der Waals surface area contributed by atoms with Gasteiger partial charge in [-0.3, -0.25) is 9.78 Å². The maximum absolute atomic E-state index is 12.9. The summed E-state index contributed by atoms with van der Waals surface area (Å²) >= 11 is 0. The third-order valence-corrected chi connectivity index (χ3v) is 4.34. The number of ether oxygens (including phenoxy) is 2. The van der Waals surface area contributed by atoms with E-state index >= 15 is 0 Å². The average molecular weight is 352 g/mol. The van der Waals surface area contributed by atoms with Crippen LogP contribution in [0, 0.1) is 6.92 Å². The first-order valence-electron chi connectivity index (χ1n) is 8.50. The van der Waals surface area contributed by atoms with E-state index in [4.69, 9.17) is 13.9 Å². The summed E-state index contributed by atoms with van der Waals surface area (Å²) in [5, 5.41) is 0.923. The Kier molecular flexibility index (Phi) is 4.12. The van der Waals surface area contributed by atoms with Gasteiger partial charge in [-0.2, -0.15) is 0 Å². The first-order chi connectivity index (χ1) is 12.5. The smallest absolute Gasteiger partial charge is 0.228 e. The van der Waals surface area contributed by atoms with Crippen molar-refractivity contribution in [1.82, 2.24) is 9.88 Å². The summed E-state index contributed by atoms with van der Waals surface area (Å²) in [5.41, 5.74) is 2.96. The molecule has 1 aromatic carbocycles. The molecule has 6 nitrogen and oxygen atoms in total. The number of carbonyl (C=O) groups is 1. The monoisotopic (exact) mass is 352 g/mol. The van der Waals surface area contributed by atoms with E-state index in [-0.39, 0.29) is 5.78 Å². The van der Waals surface area contributed by atoms with Gasteiger partial charge in [-0.05, 0) is 50.8 Å². The standard InChI is InChI=1S/C20H20N2O4/c1-12-20-15(14(10-21-12)11-22(2)3)9-18(26-20)19(23)13-4-5-16-17(8-13)25-7-6-24-16/h4-5,8-10H,6-7,11H2,1-3H3. The van der Waals surface area contributed by atoms with E-state index in [1.54, 1.807) is 18.2 Å². The highest BCUT2D eigenvalue weighted by Crippen LogP contribution is 2.32. The van der Waals surface area contributed by atoms with Crippen molar-refractivity contribution < 1.29 is 18.7 Å². The van der Waals surface area contributed by atoms with Crippen molar-refractivity contribution in [3.63, 3.8) is 0 Å². The molecule has 0 amide bonds. The molecule has 0 N–H and O–H groups in total. The summed E-state index contributed by atoms with van der Waals surface area (Å²) < 4.78 is 17.0. The number of aryl methyl sites for hydroxylation is 1. The van der Waals surface area contributed by atoms with Crippen molar-refractivity contribution in [2.45, 2.75) is 13.5 Å². The Morgan fingerprint density at radius 2 is 1.92 bits per heavy atom. The topological polar surface area (TPSA) is 64.8 Å². The highest BCUT2D eigenvalue weighted by molar-refractivity contribution is 6.09. The second kappa shape index (κ2) is 6.46. The number of rotatable bonds is 4. The Balaban J connectivity index is 1.74. The summed E-state index contributed by atoms with van der Waals surface area (Å²) in [5.74, 6) is 1.36. The largest absolute Gasteiger partial charge is 0.486 e. The maximum atomic E-state index is 12.9. The molecule has 0 atom stereocenters. The van der Waals surface area contributed by atoms with Crippen molar-refractivity contribution in [3.8, 4) is 11.5 Å². The van der Waals surface area contributed by atoms with Gasteiger partial charge in [-0.1, -0.05) is 0 Å². The fraction of sp³-hybridized carbons (Fsp3) is 0.300. The molecule has 1 aliphatic rings. The van der Waals surface area contributed by atoms with Crippen molar-refractivity contribution in [2.75, 3.05) is 27.3 Å². The molecular formula is C20H20N2O4. The molecule has 4 rings (SSSR count). The van der Waals surface area contributed by atoms with Gasteiger partial charge >= 0.3 is 0 Å². The van der Waals surface area contributed by atoms with Crippen molar-refractivity contribution in [3.05, 3.63) is 53.0 Å². The fourth-order valence-corrected chi connectivity index (χ4v) is 3.11. The highest BCUT2D eigenvalue weighted by Gasteiger charge is 2.20. The van der Waals surface area contributed by atoms with Crippen LogP contribution in [-0.4, -0.2) is 43.0 Å². The zero-order valence-corrected chi connectivity index (χ0v) is 15.0. The first kappa shape index (κ1) is 16.6. The van der Waals surface area contributed by atoms with Crippen LogP contribution in [0.2, 0.25) is 0 Å². The number of benzene rings is 1. The molecule has 0 unspecified atom stereocenters. The highest BCUT2D eigenvalue weighted by atomic mass is 16.6. The SMILES string of the molecule is Cc1ncc(CN(C)C)c2cc(C(=O)c3ccc4c(c3)OCCO4)oc12. The number of pyridine rings is 1. The molecule has 2 aromatic heterocycles. The molecule has 0 saturated carbocycles. The van der Waals surface area contributed by atoms with E-state index in [1.165, 1.54) is 0 Å². The molecule has 1 aliphatic heterocycles. The van der Waals surface area contributed by atoms with Crippen LogP contribution in [0.5, 0.6) is 11.5 Å². The molecule has 0 fully saturated rings. The molecule has 0 aliphatic carbocycles. The summed E-state index contributed by atoms with van der Waals surface area (Å²) in [7, 11) is 3.99. The van der Waals surface area contributed by atoms with E-state index in [2.05, 4.69) is 9.88 Å². The minimum absolute atomic E-state index is 0.187. The fourth-order valence-electron chi connectivity index (χ4n) is 3.11. The lowest BCUT2D eigenvalue weighted by molar-refractivity contribution is 0.101. The second-order valence-electron chi connectivity index (χ2n) is 6.65. The minimum Gasteiger partial charge on any atom is -0.486 e. The maximum Gasteiger partial charge on any atom is 0.228 e. The third kappa shape index (κ3) is 2.93. The number of hydrogen-bond donors (Lipinski definition) is 0. The zero-order chi connectivity index (χ0) is 18.3. The van der Waals surface area contributed by atoms with Crippen LogP contribution in [0.3, 0.4) is 0 Å². The molecule has 134 valence electrons. The molecule has 3 heterocycles. The predicted octanol–water partition coefficient (Wildman–Crippen LogP) is 3.20. The summed E-state index contributed by atoms with van der Waals surface area (Å²) in [6.45, 7) is 3.60. The Bertz CT molecular complexity index is 991. The van der Waals surface area contributed by atoms with Crippen LogP contribution in [0.25, 0.3) is 11.0 Å². The van der Waals surface area contributed by atoms with Gasteiger partial charge in [0.15, 0.2) is 22.8 Å². The number of hydrogen-bond acceptors (Lipinski definition) is 6. The summed E-state index contributed by atoms with van der Waals surface area (Å²) in [6, 6.07) is 7.00. The van der Waals surface area contributed by atoms with E-state index in [0.29, 0.717) is 41.6 Å². The lowest BCUT2D eigenvalue weighted by Crippen LogP contribution is -2.15. The van der Waals surface area contributed by atoms with Crippen LogP contribution in [-0.2, 0) is 6.54 Å². The number of aromatic nitrogens is 1. The molecular weight excluding hydrogens is 332 g/mol. The lowest BCUT2D eigenvalue weighted by Gasteiger charge is -2.18. The number of ketones is 1.